The summed E-state index contributed by atoms with van der Waals surface area (Å²) in [6.45, 7) is 4.04. The van der Waals surface area contributed by atoms with Crippen molar-refractivity contribution >= 4 is 17.5 Å². The number of primary amides is 1. The highest BCUT2D eigenvalue weighted by Crippen LogP contribution is 2.38. The van der Waals surface area contributed by atoms with Crippen molar-refractivity contribution in [3.8, 4) is 5.69 Å². The van der Waals surface area contributed by atoms with Crippen LogP contribution in [-0.2, 0) is 6.54 Å². The van der Waals surface area contributed by atoms with Gasteiger partial charge in [-0.1, -0.05) is 17.7 Å². The van der Waals surface area contributed by atoms with Gasteiger partial charge in [-0.3, -0.25) is 9.59 Å². The number of aryl methyl sites for hydroxylation is 2. The molecule has 1 unspecified atom stereocenters. The quantitative estimate of drug-likeness (QED) is 0.448. The first-order chi connectivity index (χ1) is 16.2. The third-order valence-electron chi connectivity index (χ3n) is 5.46. The van der Waals surface area contributed by atoms with Crippen molar-refractivity contribution < 1.29 is 31.5 Å². The summed E-state index contributed by atoms with van der Waals surface area (Å²) in [4.78, 5) is 24.3. The van der Waals surface area contributed by atoms with Gasteiger partial charge in [0, 0.05) is 12.1 Å². The predicted molar refractivity (Wildman–Crippen MR) is 118 cm³/mol. The van der Waals surface area contributed by atoms with E-state index in [1.54, 1.807) is 19.1 Å². The molecule has 3 rings (SSSR count). The number of carbonyl (C=O) groups is 2. The Balaban J connectivity index is 1.96. The largest absolute Gasteiger partial charge is 0.397 e. The predicted octanol–water partition coefficient (Wildman–Crippen LogP) is 4.04. The number of benzene rings is 2. The number of nitrogens with two attached hydrogens (primary N) is 2. The van der Waals surface area contributed by atoms with E-state index in [1.165, 1.54) is 0 Å². The molecule has 0 spiro atoms. The summed E-state index contributed by atoms with van der Waals surface area (Å²) >= 11 is 0. The molecule has 0 aliphatic heterocycles. The molecule has 0 aliphatic rings. The van der Waals surface area contributed by atoms with Crippen molar-refractivity contribution in [2.45, 2.75) is 39.4 Å². The molecular weight excluding hydrogens is 473 g/mol. The number of nitrogens with zero attached hydrogens (tertiary/aromatic N) is 2. The van der Waals surface area contributed by atoms with Crippen molar-refractivity contribution in [1.29, 1.82) is 0 Å². The average molecular weight is 495 g/mol. The maximum atomic E-state index is 15.0. The van der Waals surface area contributed by atoms with E-state index in [1.807, 2.05) is 13.0 Å². The molecule has 1 atom stereocenters. The fourth-order valence-electron chi connectivity index (χ4n) is 3.50. The highest BCUT2D eigenvalue weighted by Gasteiger charge is 2.41. The molecule has 3 aromatic rings. The molecule has 5 N–H and O–H groups in total. The Hall–Kier alpha value is -3.96. The van der Waals surface area contributed by atoms with E-state index in [0.717, 1.165) is 24.6 Å². The van der Waals surface area contributed by atoms with Gasteiger partial charge in [-0.05, 0) is 50.1 Å². The lowest BCUT2D eigenvalue weighted by molar-refractivity contribution is -0.147. The Bertz CT molecular complexity index is 1290. The molecule has 0 radical (unpaired) electrons. The molecular formula is C23H22F5N5O2. The second-order valence-electron chi connectivity index (χ2n) is 8.10. The van der Waals surface area contributed by atoms with Crippen LogP contribution in [0.2, 0.25) is 0 Å². The summed E-state index contributed by atoms with van der Waals surface area (Å²) in [5, 5.41) is 6.13. The van der Waals surface area contributed by atoms with Crippen molar-refractivity contribution in [2.24, 2.45) is 5.73 Å². The van der Waals surface area contributed by atoms with E-state index in [9.17, 15) is 31.5 Å². The van der Waals surface area contributed by atoms with Crippen molar-refractivity contribution in [1.82, 2.24) is 15.1 Å². The van der Waals surface area contributed by atoms with Crippen LogP contribution < -0.4 is 16.8 Å². The summed E-state index contributed by atoms with van der Waals surface area (Å²) in [6, 6.07) is 6.98. The van der Waals surface area contributed by atoms with E-state index in [2.05, 4.69) is 10.4 Å². The van der Waals surface area contributed by atoms with Crippen LogP contribution in [0.15, 0.2) is 30.3 Å². The lowest BCUT2D eigenvalue weighted by Crippen LogP contribution is -2.24. The highest BCUT2D eigenvalue weighted by molar-refractivity contribution is 5.97. The number of amides is 2. The van der Waals surface area contributed by atoms with Gasteiger partial charge in [0.1, 0.15) is 5.69 Å². The van der Waals surface area contributed by atoms with Crippen LogP contribution in [0.3, 0.4) is 0 Å². The molecule has 0 saturated carbocycles. The van der Waals surface area contributed by atoms with Gasteiger partial charge in [-0.15, -0.1) is 0 Å². The molecule has 35 heavy (non-hydrogen) atoms. The Labute approximate surface area is 196 Å². The number of nitrogens with one attached hydrogen (secondary N) is 1. The number of hydrogen-bond donors (Lipinski definition) is 3. The number of carbonyl (C=O) groups excluding carboxylic acids is 2. The number of nitrogen functional groups attached to an aromatic ring is 1. The summed E-state index contributed by atoms with van der Waals surface area (Å²) in [6.07, 6.45) is -4.78. The van der Waals surface area contributed by atoms with Gasteiger partial charge in [0.2, 0.25) is 0 Å². The number of hydrogen-bond acceptors (Lipinski definition) is 4. The topological polar surface area (TPSA) is 116 Å². The molecule has 0 bridgehead atoms. The van der Waals surface area contributed by atoms with Gasteiger partial charge in [-0.25, -0.2) is 13.5 Å². The maximum Gasteiger partial charge on any atom is 0.397 e. The number of anilines is 1. The number of halogens is 5. The zero-order valence-corrected chi connectivity index (χ0v) is 18.9. The monoisotopic (exact) mass is 495 g/mol. The van der Waals surface area contributed by atoms with Crippen molar-refractivity contribution in [3.05, 3.63) is 75.6 Å². The van der Waals surface area contributed by atoms with Gasteiger partial charge in [0.05, 0.1) is 17.3 Å². The van der Waals surface area contributed by atoms with E-state index in [0.29, 0.717) is 15.8 Å². The first kappa shape index (κ1) is 25.7. The van der Waals surface area contributed by atoms with Crippen LogP contribution >= 0.6 is 0 Å². The normalized spacial score (nSPS) is 12.5. The molecule has 2 aromatic carbocycles. The Morgan fingerprint density at radius 1 is 1.11 bits per heavy atom. The molecule has 1 aromatic heterocycles. The molecule has 0 aliphatic carbocycles. The number of rotatable bonds is 6. The fourth-order valence-corrected chi connectivity index (χ4v) is 3.50. The van der Waals surface area contributed by atoms with Crippen LogP contribution in [0.1, 0.15) is 56.1 Å². The number of alkyl halides is 3. The Kier molecular flexibility index (Phi) is 6.86. The molecule has 12 heteroatoms. The van der Waals surface area contributed by atoms with Gasteiger partial charge < -0.3 is 16.8 Å². The first-order valence-electron chi connectivity index (χ1n) is 10.3. The van der Waals surface area contributed by atoms with Crippen LogP contribution in [-0.4, -0.2) is 27.8 Å². The third-order valence-corrected chi connectivity index (χ3v) is 5.46. The smallest absolute Gasteiger partial charge is 0.395 e. The summed E-state index contributed by atoms with van der Waals surface area (Å²) in [5.41, 5.74) is 9.59. The fraction of sp³-hybridized carbons (Fsp3) is 0.261. The second-order valence-corrected chi connectivity index (χ2v) is 8.10. The summed E-state index contributed by atoms with van der Waals surface area (Å²) in [7, 11) is 0. The van der Waals surface area contributed by atoms with Crippen LogP contribution in [0, 0.1) is 25.5 Å². The zero-order chi connectivity index (χ0) is 26.2. The van der Waals surface area contributed by atoms with Crippen molar-refractivity contribution in [3.63, 3.8) is 0 Å². The van der Waals surface area contributed by atoms with Gasteiger partial charge in [0.25, 0.3) is 11.8 Å². The van der Waals surface area contributed by atoms with E-state index >= 15 is 0 Å². The molecule has 0 saturated heterocycles. The van der Waals surface area contributed by atoms with E-state index < -0.39 is 58.3 Å². The lowest BCUT2D eigenvalue weighted by atomic mass is 10.0. The van der Waals surface area contributed by atoms with Crippen LogP contribution in [0.4, 0.5) is 27.6 Å². The number of aromatic nitrogens is 2. The molecule has 186 valence electrons. The Morgan fingerprint density at radius 3 is 2.26 bits per heavy atom. The second kappa shape index (κ2) is 9.35. The summed E-state index contributed by atoms with van der Waals surface area (Å²) in [5.74, 6) is -6.51. The minimum atomic E-state index is -4.78. The maximum absolute atomic E-state index is 15.0. The zero-order valence-electron chi connectivity index (χ0n) is 18.9. The van der Waals surface area contributed by atoms with E-state index in [4.69, 9.17) is 11.5 Å². The standard InChI is InChI=1S/C23H22F5N5O2/c1-10-4-5-11(2)14(6-10)22(35)31-9-13-7-15(24)19(16(25)8-13)33-20(21(30)34)17(29)18(32-33)12(3)23(26,27)28/h4-8,12H,9,29H2,1-3H3,(H2,30,34)(H,31,35). The van der Waals surface area contributed by atoms with Crippen LogP contribution in [0.5, 0.6) is 0 Å². The first-order valence-corrected chi connectivity index (χ1v) is 10.3. The molecule has 2 amide bonds. The van der Waals surface area contributed by atoms with Gasteiger partial charge in [0.15, 0.2) is 17.3 Å². The van der Waals surface area contributed by atoms with Crippen LogP contribution in [0.25, 0.3) is 5.69 Å². The summed E-state index contributed by atoms with van der Waals surface area (Å²) < 4.78 is 69.8. The highest BCUT2D eigenvalue weighted by atomic mass is 19.4. The lowest BCUT2D eigenvalue weighted by Gasteiger charge is -2.13. The van der Waals surface area contributed by atoms with Gasteiger partial charge >= 0.3 is 6.18 Å². The molecule has 1 heterocycles. The van der Waals surface area contributed by atoms with Gasteiger partial charge in [-0.2, -0.15) is 18.3 Å². The minimum absolute atomic E-state index is 0.0204. The average Bonchev–Trinajstić information content (AvgIpc) is 3.08. The molecule has 7 nitrogen and oxygen atoms in total. The van der Waals surface area contributed by atoms with E-state index in [-0.39, 0.29) is 12.1 Å². The van der Waals surface area contributed by atoms with Crippen molar-refractivity contribution in [2.75, 3.05) is 5.73 Å². The third kappa shape index (κ3) is 5.10. The Morgan fingerprint density at radius 2 is 1.71 bits per heavy atom. The minimum Gasteiger partial charge on any atom is -0.395 e. The molecule has 0 fully saturated rings. The SMILES string of the molecule is Cc1ccc(C)c(C(=O)NCc2cc(F)c(-n3nc(C(C)C(F)(F)F)c(N)c3C(N)=O)c(F)c2)c1.